The zero-order valence-electron chi connectivity index (χ0n) is 15.2. The first-order valence-corrected chi connectivity index (χ1v) is 8.34. The normalized spacial score (nSPS) is 10.0. The average molecular weight is 386 g/mol. The fraction of sp³-hybridized carbons (Fsp3) is 0.250. The van der Waals surface area contributed by atoms with Gasteiger partial charge in [0.05, 0.1) is 30.9 Å². The molecule has 146 valence electrons. The van der Waals surface area contributed by atoms with E-state index in [1.807, 2.05) is 6.07 Å². The van der Waals surface area contributed by atoms with Crippen molar-refractivity contribution in [1.82, 2.24) is 5.32 Å². The highest BCUT2D eigenvalue weighted by molar-refractivity contribution is 5.77. The standard InChI is InChI=1S/C20H19FN2O5/c1-26-20(25)13-28-18-4-2-3-17(21)16(18)11-27-12-19(24)23-10-15-7-5-14(9-22)6-8-15/h2-8H,10-13H2,1H3,(H,23,24). The number of halogens is 1. The predicted octanol–water partition coefficient (Wildman–Crippen LogP) is 2.08. The first-order valence-electron chi connectivity index (χ1n) is 8.34. The van der Waals surface area contributed by atoms with Crippen LogP contribution in [0.2, 0.25) is 0 Å². The number of hydrogen-bond donors (Lipinski definition) is 1. The Hall–Kier alpha value is -3.44. The lowest BCUT2D eigenvalue weighted by atomic mass is 10.1. The Kier molecular flexibility index (Phi) is 7.93. The Bertz CT molecular complexity index is 862. The molecule has 0 fully saturated rings. The van der Waals surface area contributed by atoms with Crippen molar-refractivity contribution in [3.8, 4) is 11.8 Å². The van der Waals surface area contributed by atoms with Gasteiger partial charge in [0.1, 0.15) is 18.2 Å². The van der Waals surface area contributed by atoms with Gasteiger partial charge in [0, 0.05) is 6.54 Å². The van der Waals surface area contributed by atoms with Crippen LogP contribution in [-0.4, -0.2) is 32.2 Å². The average Bonchev–Trinajstić information content (AvgIpc) is 2.72. The van der Waals surface area contributed by atoms with E-state index in [1.165, 1.54) is 25.3 Å². The van der Waals surface area contributed by atoms with Gasteiger partial charge >= 0.3 is 5.97 Å². The fourth-order valence-electron chi connectivity index (χ4n) is 2.20. The number of esters is 1. The van der Waals surface area contributed by atoms with Crippen LogP contribution in [0.1, 0.15) is 16.7 Å². The number of amides is 1. The molecule has 0 aliphatic carbocycles. The highest BCUT2D eigenvalue weighted by atomic mass is 19.1. The fourth-order valence-corrected chi connectivity index (χ4v) is 2.20. The molecule has 0 unspecified atom stereocenters. The molecule has 8 heteroatoms. The molecule has 0 radical (unpaired) electrons. The Morgan fingerprint density at radius 3 is 2.57 bits per heavy atom. The molecule has 0 spiro atoms. The quantitative estimate of drug-likeness (QED) is 0.663. The van der Waals surface area contributed by atoms with Gasteiger partial charge in [0.15, 0.2) is 6.61 Å². The number of carbonyl (C=O) groups excluding carboxylic acids is 2. The highest BCUT2D eigenvalue weighted by Gasteiger charge is 2.13. The number of benzene rings is 2. The van der Waals surface area contributed by atoms with Crippen LogP contribution < -0.4 is 10.1 Å². The predicted molar refractivity (Wildman–Crippen MR) is 96.6 cm³/mol. The summed E-state index contributed by atoms with van der Waals surface area (Å²) in [6, 6.07) is 13.0. The number of nitrogens with one attached hydrogen (secondary N) is 1. The summed E-state index contributed by atoms with van der Waals surface area (Å²) in [5.74, 6) is -1.40. The lowest BCUT2D eigenvalue weighted by Crippen LogP contribution is -2.27. The van der Waals surface area contributed by atoms with E-state index in [1.54, 1.807) is 24.3 Å². The molecule has 0 aliphatic heterocycles. The molecule has 0 saturated carbocycles. The minimum atomic E-state index is -0.599. The van der Waals surface area contributed by atoms with Crippen molar-refractivity contribution in [1.29, 1.82) is 5.26 Å². The van der Waals surface area contributed by atoms with Crippen LogP contribution in [0, 0.1) is 17.1 Å². The molecule has 0 bridgehead atoms. The van der Waals surface area contributed by atoms with Crippen molar-refractivity contribution in [3.05, 3.63) is 65.0 Å². The summed E-state index contributed by atoms with van der Waals surface area (Å²) in [5, 5.41) is 11.4. The zero-order valence-corrected chi connectivity index (χ0v) is 15.2. The van der Waals surface area contributed by atoms with E-state index in [0.29, 0.717) is 5.56 Å². The van der Waals surface area contributed by atoms with Crippen molar-refractivity contribution in [2.24, 2.45) is 0 Å². The number of carbonyl (C=O) groups is 2. The molecule has 0 aromatic heterocycles. The number of nitriles is 1. The summed E-state index contributed by atoms with van der Waals surface area (Å²) < 4.78 is 29.0. The van der Waals surface area contributed by atoms with Crippen molar-refractivity contribution in [2.45, 2.75) is 13.2 Å². The van der Waals surface area contributed by atoms with Crippen LogP contribution in [0.25, 0.3) is 0 Å². The van der Waals surface area contributed by atoms with Crippen LogP contribution in [0.5, 0.6) is 5.75 Å². The lowest BCUT2D eigenvalue weighted by molar-refractivity contribution is -0.142. The summed E-state index contributed by atoms with van der Waals surface area (Å²) >= 11 is 0. The van der Waals surface area contributed by atoms with E-state index >= 15 is 0 Å². The van der Waals surface area contributed by atoms with Gasteiger partial charge < -0.3 is 19.5 Å². The minimum absolute atomic E-state index is 0.103. The molecule has 1 amide bonds. The van der Waals surface area contributed by atoms with Gasteiger partial charge in [-0.3, -0.25) is 4.79 Å². The maximum Gasteiger partial charge on any atom is 0.343 e. The van der Waals surface area contributed by atoms with Gasteiger partial charge in [0.2, 0.25) is 5.91 Å². The number of nitrogens with zero attached hydrogens (tertiary/aromatic N) is 1. The van der Waals surface area contributed by atoms with E-state index < -0.39 is 11.8 Å². The Labute approximate surface area is 161 Å². The first-order chi connectivity index (χ1) is 13.5. The first kappa shape index (κ1) is 20.9. The van der Waals surface area contributed by atoms with Gasteiger partial charge in [0.25, 0.3) is 0 Å². The third-order valence-electron chi connectivity index (χ3n) is 3.70. The van der Waals surface area contributed by atoms with E-state index in [4.69, 9.17) is 14.7 Å². The second-order valence-corrected chi connectivity index (χ2v) is 5.66. The molecule has 0 aliphatic rings. The third kappa shape index (κ3) is 6.37. The Morgan fingerprint density at radius 1 is 1.14 bits per heavy atom. The molecule has 1 N–H and O–H groups in total. The SMILES string of the molecule is COC(=O)COc1cccc(F)c1COCC(=O)NCc1ccc(C#N)cc1. The van der Waals surface area contributed by atoms with Crippen molar-refractivity contribution >= 4 is 11.9 Å². The smallest absolute Gasteiger partial charge is 0.343 e. The third-order valence-corrected chi connectivity index (χ3v) is 3.70. The van der Waals surface area contributed by atoms with E-state index in [9.17, 15) is 14.0 Å². The molecule has 0 saturated heterocycles. The van der Waals surface area contributed by atoms with Gasteiger partial charge in [-0.25, -0.2) is 9.18 Å². The maximum absolute atomic E-state index is 14.0. The van der Waals surface area contributed by atoms with Gasteiger partial charge in [-0.05, 0) is 29.8 Å². The summed E-state index contributed by atoms with van der Waals surface area (Å²) in [6.45, 7) is -0.562. The second kappa shape index (κ2) is 10.6. The van der Waals surface area contributed by atoms with Crippen LogP contribution in [0.15, 0.2) is 42.5 Å². The molecular formula is C20H19FN2O5. The Balaban J connectivity index is 1.82. The van der Waals surface area contributed by atoms with Gasteiger partial charge in [-0.2, -0.15) is 5.26 Å². The molecular weight excluding hydrogens is 367 g/mol. The summed E-state index contributed by atoms with van der Waals surface area (Å²) in [5.41, 5.74) is 1.47. The van der Waals surface area contributed by atoms with Crippen LogP contribution in [0.3, 0.4) is 0 Å². The van der Waals surface area contributed by atoms with Crippen molar-refractivity contribution in [2.75, 3.05) is 20.3 Å². The van der Waals surface area contributed by atoms with E-state index in [2.05, 4.69) is 10.1 Å². The maximum atomic E-state index is 14.0. The molecule has 2 aromatic rings. The second-order valence-electron chi connectivity index (χ2n) is 5.66. The van der Waals surface area contributed by atoms with Crippen molar-refractivity contribution in [3.63, 3.8) is 0 Å². The molecule has 28 heavy (non-hydrogen) atoms. The van der Waals surface area contributed by atoms with Crippen LogP contribution in [0.4, 0.5) is 4.39 Å². The van der Waals surface area contributed by atoms with E-state index in [-0.39, 0.29) is 43.6 Å². The van der Waals surface area contributed by atoms with E-state index in [0.717, 1.165) is 5.56 Å². The van der Waals surface area contributed by atoms with Gasteiger partial charge in [-0.1, -0.05) is 18.2 Å². The molecule has 0 atom stereocenters. The summed E-state index contributed by atoms with van der Waals surface area (Å²) in [7, 11) is 1.22. The number of rotatable bonds is 9. The van der Waals surface area contributed by atoms with Crippen molar-refractivity contribution < 1.29 is 28.2 Å². The monoisotopic (exact) mass is 386 g/mol. The summed E-state index contributed by atoms with van der Waals surface area (Å²) in [6.07, 6.45) is 0. The summed E-state index contributed by atoms with van der Waals surface area (Å²) in [4.78, 5) is 23.0. The molecule has 7 nitrogen and oxygen atoms in total. The number of hydrogen-bond acceptors (Lipinski definition) is 6. The topological polar surface area (TPSA) is 97.7 Å². The lowest BCUT2D eigenvalue weighted by Gasteiger charge is -2.12. The zero-order chi connectivity index (χ0) is 20.4. The minimum Gasteiger partial charge on any atom is -0.481 e. The molecule has 0 heterocycles. The van der Waals surface area contributed by atoms with Gasteiger partial charge in [-0.15, -0.1) is 0 Å². The Morgan fingerprint density at radius 2 is 1.89 bits per heavy atom. The number of methoxy groups -OCH3 is 1. The largest absolute Gasteiger partial charge is 0.481 e. The number of ether oxygens (including phenoxy) is 3. The molecule has 2 rings (SSSR count). The molecule has 2 aromatic carbocycles. The van der Waals surface area contributed by atoms with Crippen LogP contribution >= 0.6 is 0 Å². The highest BCUT2D eigenvalue weighted by Crippen LogP contribution is 2.22. The van der Waals surface area contributed by atoms with Crippen LogP contribution in [-0.2, 0) is 32.2 Å².